The highest BCUT2D eigenvalue weighted by atomic mass is 32.1. The largest absolute Gasteiger partial charge is 0.465 e. The molecule has 0 saturated carbocycles. The van der Waals surface area contributed by atoms with Gasteiger partial charge in [-0.3, -0.25) is 9.69 Å². The summed E-state index contributed by atoms with van der Waals surface area (Å²) in [5.74, 6) is -0.445. The monoisotopic (exact) mass is 396 g/mol. The number of thiophene rings is 1. The molecular weight excluding hydrogens is 368 g/mol. The molecule has 2 N–H and O–H groups in total. The van der Waals surface area contributed by atoms with Crippen LogP contribution < -0.4 is 10.6 Å². The lowest BCUT2D eigenvalue weighted by Crippen LogP contribution is -2.52. The van der Waals surface area contributed by atoms with Crippen LogP contribution in [0.3, 0.4) is 0 Å². The van der Waals surface area contributed by atoms with Crippen LogP contribution in [0, 0.1) is 6.92 Å². The summed E-state index contributed by atoms with van der Waals surface area (Å²) in [4.78, 5) is 40.5. The van der Waals surface area contributed by atoms with Crippen molar-refractivity contribution < 1.29 is 19.1 Å². The molecule has 8 nitrogen and oxygen atoms in total. The number of esters is 1. The molecule has 0 spiro atoms. The fraction of sp³-hybridized carbons (Fsp3) is 0.611. The van der Waals surface area contributed by atoms with Gasteiger partial charge in [-0.25, -0.2) is 9.59 Å². The Morgan fingerprint density at radius 1 is 1.26 bits per heavy atom. The maximum atomic E-state index is 12.6. The van der Waals surface area contributed by atoms with E-state index in [9.17, 15) is 14.4 Å². The first kappa shape index (κ1) is 21.2. The van der Waals surface area contributed by atoms with E-state index in [1.807, 2.05) is 31.1 Å². The van der Waals surface area contributed by atoms with Gasteiger partial charge in [0.1, 0.15) is 4.88 Å². The lowest BCUT2D eigenvalue weighted by atomic mass is 10.2. The van der Waals surface area contributed by atoms with Crippen LogP contribution >= 0.6 is 11.3 Å². The van der Waals surface area contributed by atoms with Crippen molar-refractivity contribution in [3.63, 3.8) is 0 Å². The number of hydrogen-bond acceptors (Lipinski definition) is 6. The van der Waals surface area contributed by atoms with Crippen molar-refractivity contribution in [3.8, 4) is 0 Å². The number of piperazine rings is 1. The fourth-order valence-corrected chi connectivity index (χ4v) is 3.69. The Morgan fingerprint density at radius 3 is 2.52 bits per heavy atom. The summed E-state index contributed by atoms with van der Waals surface area (Å²) in [5, 5.41) is 7.60. The van der Waals surface area contributed by atoms with E-state index in [0.717, 1.165) is 12.0 Å². The summed E-state index contributed by atoms with van der Waals surface area (Å²) >= 11 is 1.25. The molecule has 3 amide bonds. The normalized spacial score (nSPS) is 15.9. The number of aryl methyl sites for hydroxylation is 1. The zero-order valence-corrected chi connectivity index (χ0v) is 17.1. The molecule has 9 heteroatoms. The Balaban J connectivity index is 1.86. The third-order valence-electron chi connectivity index (χ3n) is 4.62. The van der Waals surface area contributed by atoms with E-state index in [-0.39, 0.29) is 18.0 Å². The van der Waals surface area contributed by atoms with E-state index in [2.05, 4.69) is 10.6 Å². The van der Waals surface area contributed by atoms with Gasteiger partial charge in [-0.2, -0.15) is 0 Å². The summed E-state index contributed by atoms with van der Waals surface area (Å²) in [5.41, 5.74) is 1.33. The van der Waals surface area contributed by atoms with E-state index in [1.165, 1.54) is 18.4 Å². The van der Waals surface area contributed by atoms with Gasteiger partial charge in [-0.1, -0.05) is 6.92 Å². The molecule has 0 bridgehead atoms. The van der Waals surface area contributed by atoms with Gasteiger partial charge >= 0.3 is 12.0 Å². The number of carbonyl (C=O) groups is 3. The number of ether oxygens (including phenoxy) is 1. The first-order valence-electron chi connectivity index (χ1n) is 9.09. The van der Waals surface area contributed by atoms with Crippen LogP contribution in [-0.2, 0) is 9.53 Å². The predicted molar refractivity (Wildman–Crippen MR) is 105 cm³/mol. The topological polar surface area (TPSA) is 91.0 Å². The van der Waals surface area contributed by atoms with Crippen LogP contribution in [0.4, 0.5) is 10.5 Å². The molecule has 2 rings (SSSR count). The minimum atomic E-state index is -0.458. The molecule has 1 aromatic rings. The van der Waals surface area contributed by atoms with Crippen LogP contribution in [0.5, 0.6) is 0 Å². The van der Waals surface area contributed by atoms with Crippen molar-refractivity contribution in [2.75, 3.05) is 45.2 Å². The van der Waals surface area contributed by atoms with Crippen LogP contribution in [0.1, 0.15) is 35.5 Å². The number of nitrogens with one attached hydrogen (secondary N) is 2. The van der Waals surface area contributed by atoms with Gasteiger partial charge in [0.25, 0.3) is 0 Å². The SMILES string of the molecule is CCC(C)NC(=O)CN1CCN(C(=O)Nc2c(C)csc2C(=O)OC)CC1. The zero-order chi connectivity index (χ0) is 20.0. The Hall–Kier alpha value is -2.13. The van der Waals surface area contributed by atoms with E-state index >= 15 is 0 Å². The molecule has 0 aliphatic carbocycles. The van der Waals surface area contributed by atoms with Crippen molar-refractivity contribution in [2.24, 2.45) is 0 Å². The van der Waals surface area contributed by atoms with Gasteiger partial charge in [-0.15, -0.1) is 11.3 Å². The van der Waals surface area contributed by atoms with Gasteiger partial charge in [0, 0.05) is 32.2 Å². The zero-order valence-electron chi connectivity index (χ0n) is 16.3. The van der Waals surface area contributed by atoms with Gasteiger partial charge in [-0.05, 0) is 31.2 Å². The van der Waals surface area contributed by atoms with Crippen molar-refractivity contribution >= 4 is 34.9 Å². The van der Waals surface area contributed by atoms with Crippen molar-refractivity contribution in [3.05, 3.63) is 15.8 Å². The molecule has 2 heterocycles. The van der Waals surface area contributed by atoms with Crippen LogP contribution in [0.15, 0.2) is 5.38 Å². The number of rotatable bonds is 6. The second-order valence-corrected chi connectivity index (χ2v) is 7.56. The Kier molecular flexibility index (Phi) is 7.61. The minimum absolute atomic E-state index is 0.0128. The van der Waals surface area contributed by atoms with Crippen molar-refractivity contribution in [1.29, 1.82) is 0 Å². The van der Waals surface area contributed by atoms with Crippen molar-refractivity contribution in [1.82, 2.24) is 15.1 Å². The van der Waals surface area contributed by atoms with E-state index < -0.39 is 5.97 Å². The summed E-state index contributed by atoms with van der Waals surface area (Å²) in [6.45, 7) is 8.51. The molecule has 0 aromatic carbocycles. The first-order chi connectivity index (χ1) is 12.8. The highest BCUT2D eigenvalue weighted by Gasteiger charge is 2.25. The summed E-state index contributed by atoms with van der Waals surface area (Å²) < 4.78 is 4.77. The molecule has 1 aromatic heterocycles. The molecule has 1 aliphatic heterocycles. The van der Waals surface area contributed by atoms with E-state index in [1.54, 1.807) is 4.90 Å². The Morgan fingerprint density at radius 2 is 1.93 bits per heavy atom. The Labute approximate surface area is 163 Å². The summed E-state index contributed by atoms with van der Waals surface area (Å²) in [6, 6.07) is -0.0761. The average molecular weight is 397 g/mol. The van der Waals surface area contributed by atoms with Gasteiger partial charge < -0.3 is 20.3 Å². The molecule has 27 heavy (non-hydrogen) atoms. The van der Waals surface area contributed by atoms with Gasteiger partial charge in [0.15, 0.2) is 0 Å². The maximum absolute atomic E-state index is 12.6. The molecule has 1 saturated heterocycles. The molecule has 1 unspecified atom stereocenters. The number of carbonyl (C=O) groups excluding carboxylic acids is 3. The molecule has 1 atom stereocenters. The van der Waals surface area contributed by atoms with E-state index in [0.29, 0.717) is 43.3 Å². The molecule has 1 aliphatic rings. The van der Waals surface area contributed by atoms with Crippen LogP contribution in [0.2, 0.25) is 0 Å². The summed E-state index contributed by atoms with van der Waals surface area (Å²) in [6.07, 6.45) is 0.898. The second kappa shape index (κ2) is 9.70. The number of nitrogens with zero attached hydrogens (tertiary/aromatic N) is 2. The number of hydrogen-bond donors (Lipinski definition) is 2. The van der Waals surface area contributed by atoms with Crippen LogP contribution in [-0.4, -0.2) is 73.6 Å². The minimum Gasteiger partial charge on any atom is -0.465 e. The van der Waals surface area contributed by atoms with E-state index in [4.69, 9.17) is 4.74 Å². The quantitative estimate of drug-likeness (QED) is 0.717. The fourth-order valence-electron chi connectivity index (χ4n) is 2.76. The second-order valence-electron chi connectivity index (χ2n) is 6.68. The molecule has 0 radical (unpaired) electrons. The number of anilines is 1. The lowest BCUT2D eigenvalue weighted by Gasteiger charge is -2.34. The number of methoxy groups -OCH3 is 1. The summed E-state index contributed by atoms with van der Waals surface area (Å²) in [7, 11) is 1.32. The predicted octanol–water partition coefficient (Wildman–Crippen LogP) is 1.91. The van der Waals surface area contributed by atoms with Gasteiger partial charge in [0.05, 0.1) is 19.3 Å². The third kappa shape index (κ3) is 5.67. The highest BCUT2D eigenvalue weighted by Crippen LogP contribution is 2.28. The average Bonchev–Trinajstić information content (AvgIpc) is 3.01. The maximum Gasteiger partial charge on any atom is 0.350 e. The van der Waals surface area contributed by atoms with Crippen molar-refractivity contribution in [2.45, 2.75) is 33.2 Å². The molecular formula is C18H28N4O4S. The standard InChI is InChI=1S/C18H28N4O4S/c1-5-13(3)19-14(23)10-21-6-8-22(9-7-21)18(25)20-15-12(2)11-27-16(15)17(24)26-4/h11,13H,5-10H2,1-4H3,(H,19,23)(H,20,25). The lowest BCUT2D eigenvalue weighted by molar-refractivity contribution is -0.123. The Bertz CT molecular complexity index is 683. The molecule has 1 fully saturated rings. The third-order valence-corrected chi connectivity index (χ3v) is 5.70. The van der Waals surface area contributed by atoms with Crippen LogP contribution in [0.25, 0.3) is 0 Å². The first-order valence-corrected chi connectivity index (χ1v) is 9.97. The highest BCUT2D eigenvalue weighted by molar-refractivity contribution is 7.12. The number of urea groups is 1. The number of amides is 3. The smallest absolute Gasteiger partial charge is 0.350 e. The van der Waals surface area contributed by atoms with Gasteiger partial charge in [0.2, 0.25) is 5.91 Å². The molecule has 150 valence electrons.